The van der Waals surface area contributed by atoms with Crippen LogP contribution in [0, 0.1) is 6.92 Å². The SMILES string of the molecule is Cc1cc(C(=O)N2CCN3CCCC3C23CCC3)oc1Br. The fourth-order valence-corrected chi connectivity index (χ4v) is 4.77. The molecule has 2 aliphatic heterocycles. The normalized spacial score (nSPS) is 27.7. The minimum absolute atomic E-state index is 0.0788. The smallest absolute Gasteiger partial charge is 0.290 e. The Hall–Kier alpha value is -0.810. The van der Waals surface area contributed by atoms with E-state index >= 15 is 0 Å². The summed E-state index contributed by atoms with van der Waals surface area (Å²) in [6.07, 6.45) is 6.07. The number of carbonyl (C=O) groups excluding carboxylic acids is 1. The molecule has 1 spiro atoms. The lowest BCUT2D eigenvalue weighted by Gasteiger charge is -2.59. The maximum atomic E-state index is 13.0. The summed E-state index contributed by atoms with van der Waals surface area (Å²) in [6, 6.07) is 2.43. The first-order chi connectivity index (χ1) is 10.1. The first-order valence-electron chi connectivity index (χ1n) is 7.94. The van der Waals surface area contributed by atoms with E-state index < -0.39 is 0 Å². The standard InChI is InChI=1S/C16H21BrN2O2/c1-11-10-12(21-14(11)17)15(20)19-9-8-18-7-2-4-13(18)16(19)5-3-6-16/h10,13H,2-9H2,1H3. The van der Waals surface area contributed by atoms with Gasteiger partial charge in [-0.3, -0.25) is 9.69 Å². The van der Waals surface area contributed by atoms with Gasteiger partial charge < -0.3 is 9.32 Å². The number of carbonyl (C=O) groups is 1. The van der Waals surface area contributed by atoms with E-state index in [-0.39, 0.29) is 11.4 Å². The van der Waals surface area contributed by atoms with Crippen molar-refractivity contribution in [2.24, 2.45) is 0 Å². The molecular weight excluding hydrogens is 332 g/mol. The van der Waals surface area contributed by atoms with Crippen molar-refractivity contribution in [2.45, 2.75) is 50.6 Å². The molecule has 3 fully saturated rings. The van der Waals surface area contributed by atoms with Gasteiger partial charge in [0.2, 0.25) is 0 Å². The van der Waals surface area contributed by atoms with Crippen molar-refractivity contribution in [2.75, 3.05) is 19.6 Å². The summed E-state index contributed by atoms with van der Waals surface area (Å²) in [7, 11) is 0. The summed E-state index contributed by atoms with van der Waals surface area (Å²) in [5.74, 6) is 0.562. The van der Waals surface area contributed by atoms with Crippen molar-refractivity contribution >= 4 is 21.8 Å². The van der Waals surface area contributed by atoms with E-state index in [1.165, 1.54) is 25.8 Å². The zero-order valence-electron chi connectivity index (χ0n) is 12.4. The lowest BCUT2D eigenvalue weighted by Crippen LogP contribution is -2.70. The van der Waals surface area contributed by atoms with Gasteiger partial charge in [0.05, 0.1) is 5.54 Å². The van der Waals surface area contributed by atoms with Gasteiger partial charge in [0, 0.05) is 24.7 Å². The number of nitrogens with zero attached hydrogens (tertiary/aromatic N) is 2. The largest absolute Gasteiger partial charge is 0.444 e. The molecule has 0 radical (unpaired) electrons. The van der Waals surface area contributed by atoms with Crippen LogP contribution < -0.4 is 0 Å². The van der Waals surface area contributed by atoms with Gasteiger partial charge in [0.15, 0.2) is 10.4 Å². The molecule has 1 saturated carbocycles. The number of hydrogen-bond donors (Lipinski definition) is 0. The summed E-state index contributed by atoms with van der Waals surface area (Å²) in [6.45, 7) is 5.02. The Morgan fingerprint density at radius 2 is 2.14 bits per heavy atom. The highest BCUT2D eigenvalue weighted by Gasteiger charge is 2.56. The number of rotatable bonds is 1. The first kappa shape index (κ1) is 13.8. The Labute approximate surface area is 133 Å². The molecule has 21 heavy (non-hydrogen) atoms. The molecule has 1 aliphatic carbocycles. The number of halogens is 1. The molecule has 1 amide bonds. The summed E-state index contributed by atoms with van der Waals surface area (Å²) in [5, 5.41) is 0. The minimum atomic E-state index is 0.0788. The van der Waals surface area contributed by atoms with Gasteiger partial charge >= 0.3 is 0 Å². The monoisotopic (exact) mass is 352 g/mol. The second-order valence-electron chi connectivity index (χ2n) is 6.68. The highest BCUT2D eigenvalue weighted by Crippen LogP contribution is 2.48. The van der Waals surface area contributed by atoms with E-state index in [0.717, 1.165) is 31.5 Å². The topological polar surface area (TPSA) is 36.7 Å². The van der Waals surface area contributed by atoms with E-state index in [4.69, 9.17) is 4.42 Å². The second kappa shape index (κ2) is 4.85. The number of piperazine rings is 1. The van der Waals surface area contributed by atoms with Crippen molar-refractivity contribution in [1.82, 2.24) is 9.80 Å². The molecule has 2 saturated heterocycles. The molecule has 3 aliphatic rings. The zero-order valence-corrected chi connectivity index (χ0v) is 14.0. The fraction of sp³-hybridized carbons (Fsp3) is 0.688. The molecule has 1 unspecified atom stereocenters. The third kappa shape index (κ3) is 1.93. The third-order valence-corrected chi connectivity index (χ3v) is 6.45. The van der Waals surface area contributed by atoms with E-state index in [2.05, 4.69) is 25.7 Å². The van der Waals surface area contributed by atoms with Gasteiger partial charge in [0.25, 0.3) is 5.91 Å². The second-order valence-corrected chi connectivity index (χ2v) is 7.40. The van der Waals surface area contributed by atoms with Gasteiger partial charge in [-0.1, -0.05) is 0 Å². The number of aryl methyl sites for hydroxylation is 1. The van der Waals surface area contributed by atoms with Gasteiger partial charge in [-0.05, 0) is 67.6 Å². The fourth-order valence-electron chi connectivity index (χ4n) is 4.48. The van der Waals surface area contributed by atoms with E-state index in [0.29, 0.717) is 16.5 Å². The summed E-state index contributed by atoms with van der Waals surface area (Å²) in [5.41, 5.74) is 1.07. The lowest BCUT2D eigenvalue weighted by molar-refractivity contribution is -0.0656. The van der Waals surface area contributed by atoms with Crippen LogP contribution in [0.4, 0.5) is 0 Å². The van der Waals surface area contributed by atoms with Crippen LogP contribution in [0.15, 0.2) is 15.2 Å². The Morgan fingerprint density at radius 3 is 2.76 bits per heavy atom. The Bertz CT molecular complexity index is 559. The highest BCUT2D eigenvalue weighted by atomic mass is 79.9. The Kier molecular flexibility index (Phi) is 3.19. The highest BCUT2D eigenvalue weighted by molar-refractivity contribution is 9.10. The molecule has 4 rings (SSSR count). The van der Waals surface area contributed by atoms with Crippen LogP contribution in [-0.4, -0.2) is 46.9 Å². The maximum absolute atomic E-state index is 13.0. The third-order valence-electron chi connectivity index (χ3n) is 5.66. The molecule has 5 heteroatoms. The van der Waals surface area contributed by atoms with Crippen molar-refractivity contribution in [3.63, 3.8) is 0 Å². The van der Waals surface area contributed by atoms with Gasteiger partial charge in [-0.15, -0.1) is 0 Å². The molecule has 114 valence electrons. The molecule has 1 aromatic rings. The van der Waals surface area contributed by atoms with Gasteiger partial charge in [-0.25, -0.2) is 0 Å². The quantitative estimate of drug-likeness (QED) is 0.778. The van der Waals surface area contributed by atoms with Crippen LogP contribution in [0.1, 0.15) is 48.2 Å². The van der Waals surface area contributed by atoms with Crippen LogP contribution in [0.25, 0.3) is 0 Å². The molecule has 4 nitrogen and oxygen atoms in total. The number of amides is 1. The van der Waals surface area contributed by atoms with Crippen LogP contribution in [0.3, 0.4) is 0 Å². The molecule has 1 atom stereocenters. The van der Waals surface area contributed by atoms with Crippen LogP contribution in [0.5, 0.6) is 0 Å². The average molecular weight is 353 g/mol. The van der Waals surface area contributed by atoms with Crippen LogP contribution in [0.2, 0.25) is 0 Å². The molecule has 0 N–H and O–H groups in total. The Morgan fingerprint density at radius 1 is 1.33 bits per heavy atom. The van der Waals surface area contributed by atoms with E-state index in [1.54, 1.807) is 0 Å². The predicted octanol–water partition coefficient (Wildman–Crippen LogP) is 3.19. The molecule has 0 bridgehead atoms. The van der Waals surface area contributed by atoms with E-state index in [1.807, 2.05) is 13.0 Å². The van der Waals surface area contributed by atoms with Crippen molar-refractivity contribution in [1.29, 1.82) is 0 Å². The number of furan rings is 1. The summed E-state index contributed by atoms with van der Waals surface area (Å²) < 4.78 is 6.29. The van der Waals surface area contributed by atoms with Crippen molar-refractivity contribution in [3.8, 4) is 0 Å². The zero-order chi connectivity index (χ0) is 14.6. The number of fused-ring (bicyclic) bond motifs is 2. The van der Waals surface area contributed by atoms with Gasteiger partial charge in [-0.2, -0.15) is 0 Å². The first-order valence-corrected chi connectivity index (χ1v) is 8.73. The minimum Gasteiger partial charge on any atom is -0.444 e. The summed E-state index contributed by atoms with van der Waals surface area (Å²) >= 11 is 3.37. The average Bonchev–Trinajstić information content (AvgIpc) is 3.02. The lowest BCUT2D eigenvalue weighted by atomic mass is 9.68. The van der Waals surface area contributed by atoms with Crippen molar-refractivity contribution in [3.05, 3.63) is 22.1 Å². The molecule has 0 aromatic carbocycles. The molecule has 1 aromatic heterocycles. The van der Waals surface area contributed by atoms with Crippen LogP contribution in [-0.2, 0) is 0 Å². The predicted molar refractivity (Wildman–Crippen MR) is 83.4 cm³/mol. The maximum Gasteiger partial charge on any atom is 0.290 e. The van der Waals surface area contributed by atoms with Crippen molar-refractivity contribution < 1.29 is 9.21 Å². The molecule has 3 heterocycles. The van der Waals surface area contributed by atoms with Crippen LogP contribution >= 0.6 is 15.9 Å². The van der Waals surface area contributed by atoms with Gasteiger partial charge in [0.1, 0.15) is 0 Å². The summed E-state index contributed by atoms with van der Waals surface area (Å²) in [4.78, 5) is 17.7. The number of hydrogen-bond acceptors (Lipinski definition) is 3. The Balaban J connectivity index is 1.65. The molecular formula is C16H21BrN2O2. The van der Waals surface area contributed by atoms with E-state index in [9.17, 15) is 4.79 Å².